The van der Waals surface area contributed by atoms with Gasteiger partial charge >= 0.3 is 0 Å². The number of allylic oxidation sites excluding steroid dienone is 1. The van der Waals surface area contributed by atoms with Crippen LogP contribution in [0.5, 0.6) is 0 Å². The zero-order chi connectivity index (χ0) is 16.2. The predicted molar refractivity (Wildman–Crippen MR) is 93.2 cm³/mol. The molecule has 4 unspecified atom stereocenters. The Morgan fingerprint density at radius 3 is 3.13 bits per heavy atom. The molecule has 122 valence electrons. The summed E-state index contributed by atoms with van der Waals surface area (Å²) in [6, 6.07) is 2.74. The quantitative estimate of drug-likeness (QED) is 0.837. The number of dihydropyridines is 1. The minimum atomic E-state index is -0.0961. The Kier molecular flexibility index (Phi) is 4.80. The number of nitrogens with one attached hydrogen (secondary N) is 2. The van der Waals surface area contributed by atoms with Gasteiger partial charge in [-0.15, -0.1) is 0 Å². The van der Waals surface area contributed by atoms with Crippen molar-refractivity contribution < 1.29 is 0 Å². The number of fused-ring (bicyclic) bond motifs is 1. The van der Waals surface area contributed by atoms with E-state index in [0.717, 1.165) is 37.5 Å². The normalized spacial score (nSPS) is 32.1. The number of nitriles is 1. The Balaban J connectivity index is 1.77. The molecule has 0 aromatic carbocycles. The standard InChI is InChI=1S/C18H25N5/c1-3-6-20-17-14(8-13(10-19)11-22-17)9-16-12(2)23-18-15(16)5-4-7-21-18/h4,7-8,12-13,15-16H,3,5-6,9,11H2,1-2H3,(H,20,22)(H,21,23). The van der Waals surface area contributed by atoms with E-state index < -0.39 is 0 Å². The van der Waals surface area contributed by atoms with Crippen LogP contribution in [-0.4, -0.2) is 30.8 Å². The largest absolute Gasteiger partial charge is 0.371 e. The highest BCUT2D eigenvalue weighted by atomic mass is 15.1. The summed E-state index contributed by atoms with van der Waals surface area (Å²) in [4.78, 5) is 9.11. The zero-order valence-corrected chi connectivity index (χ0v) is 13.9. The van der Waals surface area contributed by atoms with Gasteiger partial charge in [-0.25, -0.2) is 4.99 Å². The number of aliphatic imine (C=N–C) groups is 2. The zero-order valence-electron chi connectivity index (χ0n) is 13.9. The lowest BCUT2D eigenvalue weighted by molar-refractivity contribution is 0.391. The van der Waals surface area contributed by atoms with Gasteiger partial charge < -0.3 is 10.6 Å². The fourth-order valence-corrected chi connectivity index (χ4v) is 3.65. The lowest BCUT2D eigenvalue weighted by Gasteiger charge is -2.25. The van der Waals surface area contributed by atoms with Crippen molar-refractivity contribution in [2.75, 3.05) is 13.1 Å². The number of hydrogen-bond acceptors (Lipinski definition) is 5. The van der Waals surface area contributed by atoms with Crippen molar-refractivity contribution in [3.63, 3.8) is 0 Å². The van der Waals surface area contributed by atoms with Gasteiger partial charge in [-0.1, -0.05) is 19.1 Å². The smallest absolute Gasteiger partial charge is 0.123 e. The van der Waals surface area contributed by atoms with Crippen molar-refractivity contribution >= 4 is 11.7 Å². The van der Waals surface area contributed by atoms with Crippen LogP contribution in [0.3, 0.4) is 0 Å². The van der Waals surface area contributed by atoms with E-state index in [2.05, 4.69) is 52.7 Å². The van der Waals surface area contributed by atoms with Crippen molar-refractivity contribution in [1.29, 1.82) is 5.26 Å². The highest BCUT2D eigenvalue weighted by molar-refractivity contribution is 5.99. The highest BCUT2D eigenvalue weighted by Gasteiger charge is 2.39. The van der Waals surface area contributed by atoms with Crippen LogP contribution >= 0.6 is 0 Å². The van der Waals surface area contributed by atoms with Crippen molar-refractivity contribution in [2.45, 2.75) is 39.2 Å². The second-order valence-corrected chi connectivity index (χ2v) is 6.59. The molecule has 0 aliphatic carbocycles. The molecular weight excluding hydrogens is 286 g/mol. The van der Waals surface area contributed by atoms with E-state index in [-0.39, 0.29) is 5.92 Å². The van der Waals surface area contributed by atoms with E-state index in [0.29, 0.717) is 24.4 Å². The Bertz CT molecular complexity index is 607. The SMILES string of the molecule is CCCNC1=NCC(C#N)C=C1CC1C(C)NC2=NC=CCC21. The average molecular weight is 311 g/mol. The Morgan fingerprint density at radius 2 is 2.35 bits per heavy atom. The molecule has 2 N–H and O–H groups in total. The molecule has 0 aromatic heterocycles. The minimum absolute atomic E-state index is 0.0961. The highest BCUT2D eigenvalue weighted by Crippen LogP contribution is 2.35. The van der Waals surface area contributed by atoms with Crippen LogP contribution in [0.25, 0.3) is 0 Å². The topological polar surface area (TPSA) is 72.6 Å². The van der Waals surface area contributed by atoms with Crippen LogP contribution in [0.15, 0.2) is 33.9 Å². The second-order valence-electron chi connectivity index (χ2n) is 6.59. The molecule has 1 saturated heterocycles. The van der Waals surface area contributed by atoms with Gasteiger partial charge in [0.05, 0.1) is 18.5 Å². The van der Waals surface area contributed by atoms with Crippen LogP contribution in [0.4, 0.5) is 0 Å². The number of amidine groups is 2. The van der Waals surface area contributed by atoms with Gasteiger partial charge in [0, 0.05) is 24.7 Å². The first kappa shape index (κ1) is 15.8. The molecule has 23 heavy (non-hydrogen) atoms. The Hall–Kier alpha value is -2.09. The second kappa shape index (κ2) is 6.99. The van der Waals surface area contributed by atoms with Crippen LogP contribution in [0.2, 0.25) is 0 Å². The lowest BCUT2D eigenvalue weighted by Crippen LogP contribution is -2.32. The van der Waals surface area contributed by atoms with Crippen molar-refractivity contribution in [1.82, 2.24) is 10.6 Å². The monoisotopic (exact) mass is 311 g/mol. The first-order valence-electron chi connectivity index (χ1n) is 8.61. The summed E-state index contributed by atoms with van der Waals surface area (Å²) >= 11 is 0. The summed E-state index contributed by atoms with van der Waals surface area (Å²) < 4.78 is 0. The van der Waals surface area contributed by atoms with E-state index >= 15 is 0 Å². The third kappa shape index (κ3) is 3.31. The summed E-state index contributed by atoms with van der Waals surface area (Å²) in [5.41, 5.74) is 1.20. The van der Waals surface area contributed by atoms with Gasteiger partial charge in [-0.05, 0) is 37.7 Å². The molecule has 3 rings (SSSR count). The fraction of sp³-hybridized carbons (Fsp3) is 0.611. The number of hydrogen-bond donors (Lipinski definition) is 2. The van der Waals surface area contributed by atoms with Crippen molar-refractivity contribution in [3.8, 4) is 6.07 Å². The molecule has 3 aliphatic heterocycles. The van der Waals surface area contributed by atoms with Gasteiger partial charge in [0.2, 0.25) is 0 Å². The van der Waals surface area contributed by atoms with E-state index in [1.807, 2.05) is 6.20 Å². The summed E-state index contributed by atoms with van der Waals surface area (Å²) in [6.45, 7) is 5.87. The molecule has 5 heteroatoms. The molecule has 0 amide bonds. The average Bonchev–Trinajstić information content (AvgIpc) is 2.89. The predicted octanol–water partition coefficient (Wildman–Crippen LogP) is 2.39. The maximum Gasteiger partial charge on any atom is 0.123 e. The van der Waals surface area contributed by atoms with Gasteiger partial charge in [-0.3, -0.25) is 4.99 Å². The molecule has 4 atom stereocenters. The van der Waals surface area contributed by atoms with Gasteiger partial charge in [0.25, 0.3) is 0 Å². The summed E-state index contributed by atoms with van der Waals surface area (Å²) in [7, 11) is 0. The van der Waals surface area contributed by atoms with Crippen LogP contribution in [-0.2, 0) is 0 Å². The van der Waals surface area contributed by atoms with Gasteiger partial charge in [0.15, 0.2) is 0 Å². The molecule has 0 saturated carbocycles. The first-order chi connectivity index (χ1) is 11.2. The lowest BCUT2D eigenvalue weighted by atomic mass is 9.81. The van der Waals surface area contributed by atoms with Crippen molar-refractivity contribution in [2.24, 2.45) is 27.7 Å². The van der Waals surface area contributed by atoms with E-state index in [4.69, 9.17) is 0 Å². The van der Waals surface area contributed by atoms with Crippen LogP contribution < -0.4 is 10.6 Å². The van der Waals surface area contributed by atoms with E-state index in [9.17, 15) is 5.26 Å². The van der Waals surface area contributed by atoms with Gasteiger partial charge in [0.1, 0.15) is 11.7 Å². The third-order valence-corrected chi connectivity index (χ3v) is 4.91. The van der Waals surface area contributed by atoms with Crippen molar-refractivity contribution in [3.05, 3.63) is 23.9 Å². The van der Waals surface area contributed by atoms with E-state index in [1.165, 1.54) is 5.57 Å². The van der Waals surface area contributed by atoms with E-state index in [1.54, 1.807) is 0 Å². The summed E-state index contributed by atoms with van der Waals surface area (Å²) in [5.74, 6) is 2.98. The molecule has 0 radical (unpaired) electrons. The molecule has 0 aromatic rings. The molecule has 1 fully saturated rings. The summed E-state index contributed by atoms with van der Waals surface area (Å²) in [5, 5.41) is 16.2. The molecule has 0 bridgehead atoms. The molecule has 0 spiro atoms. The molecule has 3 heterocycles. The Morgan fingerprint density at radius 1 is 1.48 bits per heavy atom. The molecule has 3 aliphatic rings. The summed E-state index contributed by atoms with van der Waals surface area (Å²) in [6.07, 6.45) is 9.23. The number of rotatable bonds is 4. The molecule has 5 nitrogen and oxygen atoms in total. The maximum absolute atomic E-state index is 9.25. The Labute approximate surface area is 138 Å². The maximum atomic E-state index is 9.25. The van der Waals surface area contributed by atoms with Crippen LogP contribution in [0, 0.1) is 29.1 Å². The minimum Gasteiger partial charge on any atom is -0.371 e. The first-order valence-corrected chi connectivity index (χ1v) is 8.61. The number of nitrogens with zero attached hydrogens (tertiary/aromatic N) is 3. The fourth-order valence-electron chi connectivity index (χ4n) is 3.65. The van der Waals surface area contributed by atoms with Gasteiger partial charge in [-0.2, -0.15) is 5.26 Å². The molecular formula is C18H25N5. The third-order valence-electron chi connectivity index (χ3n) is 4.91. The van der Waals surface area contributed by atoms with Crippen LogP contribution in [0.1, 0.15) is 33.1 Å².